The molecular weight excluding hydrogens is 279 g/mol. The average molecular weight is 295 g/mol. The molecule has 0 saturated heterocycles. The smallest absolute Gasteiger partial charge is 0.370 e. The Balaban J connectivity index is 2.27. The van der Waals surface area contributed by atoms with Crippen LogP contribution in [-0.2, 0) is 19.3 Å². The van der Waals surface area contributed by atoms with Gasteiger partial charge in [0.05, 0.1) is 5.56 Å². The summed E-state index contributed by atoms with van der Waals surface area (Å²) in [5, 5.41) is 0. The molecule has 6 heteroatoms. The van der Waals surface area contributed by atoms with Gasteiger partial charge in [-0.05, 0) is 41.5 Å². The molecule has 0 spiro atoms. The summed E-state index contributed by atoms with van der Waals surface area (Å²) < 4.78 is 38.2. The third-order valence-corrected chi connectivity index (χ3v) is 3.21. The van der Waals surface area contributed by atoms with Gasteiger partial charge in [0, 0.05) is 38.2 Å². The standard InChI is InChI=1S/C15H16F3N3/c1-21(10-11-4-6-20-7-5-11)14-3-2-13(15(16,17)18)8-12(14)9-19/h2-8H,9-10,19H2,1H3. The molecule has 0 saturated carbocycles. The molecule has 0 amide bonds. The molecule has 0 bridgehead atoms. The van der Waals surface area contributed by atoms with E-state index in [1.165, 1.54) is 6.07 Å². The number of nitrogens with two attached hydrogens (primary N) is 1. The van der Waals surface area contributed by atoms with Crippen LogP contribution in [0.3, 0.4) is 0 Å². The Kier molecular flexibility index (Phi) is 4.47. The second kappa shape index (κ2) is 6.13. The zero-order valence-corrected chi connectivity index (χ0v) is 11.6. The predicted molar refractivity (Wildman–Crippen MR) is 75.7 cm³/mol. The van der Waals surface area contributed by atoms with E-state index in [0.717, 1.165) is 17.7 Å². The lowest BCUT2D eigenvalue weighted by Crippen LogP contribution is -2.19. The number of hydrogen-bond donors (Lipinski definition) is 1. The van der Waals surface area contributed by atoms with Crippen LogP contribution in [0.15, 0.2) is 42.7 Å². The topological polar surface area (TPSA) is 42.2 Å². The monoisotopic (exact) mass is 295 g/mol. The van der Waals surface area contributed by atoms with Gasteiger partial charge in [0.25, 0.3) is 0 Å². The Morgan fingerprint density at radius 2 is 1.81 bits per heavy atom. The van der Waals surface area contributed by atoms with Gasteiger partial charge in [-0.3, -0.25) is 4.98 Å². The van der Waals surface area contributed by atoms with Crippen LogP contribution in [0.1, 0.15) is 16.7 Å². The molecule has 0 fully saturated rings. The first-order chi connectivity index (χ1) is 9.91. The van der Waals surface area contributed by atoms with Crippen molar-refractivity contribution in [1.29, 1.82) is 0 Å². The first-order valence-electron chi connectivity index (χ1n) is 6.42. The van der Waals surface area contributed by atoms with E-state index in [4.69, 9.17) is 5.73 Å². The van der Waals surface area contributed by atoms with Gasteiger partial charge in [-0.25, -0.2) is 0 Å². The maximum absolute atomic E-state index is 12.7. The number of rotatable bonds is 4. The van der Waals surface area contributed by atoms with Crippen molar-refractivity contribution in [2.75, 3.05) is 11.9 Å². The van der Waals surface area contributed by atoms with E-state index in [9.17, 15) is 13.2 Å². The summed E-state index contributed by atoms with van der Waals surface area (Å²) in [6, 6.07) is 7.38. The highest BCUT2D eigenvalue weighted by molar-refractivity contribution is 5.55. The minimum absolute atomic E-state index is 0.0555. The molecule has 2 N–H and O–H groups in total. The van der Waals surface area contributed by atoms with Gasteiger partial charge >= 0.3 is 6.18 Å². The van der Waals surface area contributed by atoms with Crippen LogP contribution in [0.4, 0.5) is 18.9 Å². The quantitative estimate of drug-likeness (QED) is 0.942. The van der Waals surface area contributed by atoms with Crippen LogP contribution in [0.5, 0.6) is 0 Å². The molecule has 0 atom stereocenters. The number of halogens is 3. The SMILES string of the molecule is CN(Cc1ccncc1)c1ccc(C(F)(F)F)cc1CN. The number of hydrogen-bond acceptors (Lipinski definition) is 3. The summed E-state index contributed by atoms with van der Waals surface area (Å²) in [6.07, 6.45) is -0.994. The number of pyridine rings is 1. The minimum atomic E-state index is -4.36. The molecule has 0 unspecified atom stereocenters. The van der Waals surface area contributed by atoms with E-state index < -0.39 is 11.7 Å². The highest BCUT2D eigenvalue weighted by Crippen LogP contribution is 2.32. The summed E-state index contributed by atoms with van der Waals surface area (Å²) in [7, 11) is 1.82. The number of alkyl halides is 3. The zero-order chi connectivity index (χ0) is 15.5. The molecule has 112 valence electrons. The molecule has 1 aromatic carbocycles. The molecule has 2 aromatic rings. The number of aromatic nitrogens is 1. The second-order valence-corrected chi connectivity index (χ2v) is 4.76. The third-order valence-electron chi connectivity index (χ3n) is 3.21. The van der Waals surface area contributed by atoms with Crippen LogP contribution >= 0.6 is 0 Å². The van der Waals surface area contributed by atoms with Gasteiger partial charge in [-0.1, -0.05) is 0 Å². The summed E-state index contributed by atoms with van der Waals surface area (Å²) in [5.74, 6) is 0. The molecule has 0 aliphatic heterocycles. The van der Waals surface area contributed by atoms with Crippen molar-refractivity contribution < 1.29 is 13.2 Å². The lowest BCUT2D eigenvalue weighted by molar-refractivity contribution is -0.137. The van der Waals surface area contributed by atoms with E-state index >= 15 is 0 Å². The fourth-order valence-electron chi connectivity index (χ4n) is 2.14. The van der Waals surface area contributed by atoms with E-state index in [1.807, 2.05) is 24.1 Å². The Morgan fingerprint density at radius 3 is 2.38 bits per heavy atom. The van der Waals surface area contributed by atoms with Crippen LogP contribution in [0, 0.1) is 0 Å². The molecule has 3 nitrogen and oxygen atoms in total. The van der Waals surface area contributed by atoms with Crippen molar-refractivity contribution in [1.82, 2.24) is 4.98 Å². The molecule has 1 aromatic heterocycles. The molecule has 2 rings (SSSR count). The van der Waals surface area contributed by atoms with Crippen LogP contribution < -0.4 is 10.6 Å². The molecule has 1 heterocycles. The van der Waals surface area contributed by atoms with Crippen molar-refractivity contribution in [2.24, 2.45) is 5.73 Å². The Bertz CT molecular complexity index is 597. The average Bonchev–Trinajstić information content (AvgIpc) is 2.46. The molecule has 0 aliphatic carbocycles. The molecular formula is C15H16F3N3. The summed E-state index contributed by atoms with van der Waals surface area (Å²) in [5.41, 5.74) is 7.11. The van der Waals surface area contributed by atoms with Crippen molar-refractivity contribution in [3.63, 3.8) is 0 Å². The summed E-state index contributed by atoms with van der Waals surface area (Å²) >= 11 is 0. The van der Waals surface area contributed by atoms with Gasteiger partial charge in [0.1, 0.15) is 0 Å². The lowest BCUT2D eigenvalue weighted by Gasteiger charge is -2.23. The van der Waals surface area contributed by atoms with Gasteiger partial charge < -0.3 is 10.6 Å². The van der Waals surface area contributed by atoms with E-state index in [-0.39, 0.29) is 6.54 Å². The predicted octanol–water partition coefficient (Wildman–Crippen LogP) is 3.20. The van der Waals surface area contributed by atoms with Crippen molar-refractivity contribution in [2.45, 2.75) is 19.3 Å². The number of anilines is 1. The summed E-state index contributed by atoms with van der Waals surface area (Å²) in [6.45, 7) is 0.626. The fraction of sp³-hybridized carbons (Fsp3) is 0.267. The van der Waals surface area contributed by atoms with E-state index in [1.54, 1.807) is 12.4 Å². The normalized spacial score (nSPS) is 11.5. The second-order valence-electron chi connectivity index (χ2n) is 4.76. The van der Waals surface area contributed by atoms with Gasteiger partial charge in [-0.2, -0.15) is 13.2 Å². The highest BCUT2D eigenvalue weighted by atomic mass is 19.4. The third kappa shape index (κ3) is 3.72. The van der Waals surface area contributed by atoms with Gasteiger partial charge in [0.15, 0.2) is 0 Å². The molecule has 21 heavy (non-hydrogen) atoms. The van der Waals surface area contributed by atoms with Crippen molar-refractivity contribution in [3.05, 3.63) is 59.4 Å². The maximum Gasteiger partial charge on any atom is 0.416 e. The fourth-order valence-corrected chi connectivity index (χ4v) is 2.14. The lowest BCUT2D eigenvalue weighted by atomic mass is 10.1. The van der Waals surface area contributed by atoms with Gasteiger partial charge in [0.2, 0.25) is 0 Å². The van der Waals surface area contributed by atoms with Gasteiger partial charge in [-0.15, -0.1) is 0 Å². The highest BCUT2D eigenvalue weighted by Gasteiger charge is 2.31. The first kappa shape index (κ1) is 15.3. The number of benzene rings is 1. The van der Waals surface area contributed by atoms with Crippen LogP contribution in [0.25, 0.3) is 0 Å². The van der Waals surface area contributed by atoms with E-state index in [0.29, 0.717) is 17.8 Å². The molecule has 0 aliphatic rings. The zero-order valence-electron chi connectivity index (χ0n) is 11.6. The van der Waals surface area contributed by atoms with Crippen molar-refractivity contribution in [3.8, 4) is 0 Å². The summed E-state index contributed by atoms with van der Waals surface area (Å²) in [4.78, 5) is 5.81. The number of nitrogens with zero attached hydrogens (tertiary/aromatic N) is 2. The van der Waals surface area contributed by atoms with Crippen LogP contribution in [0.2, 0.25) is 0 Å². The van der Waals surface area contributed by atoms with Crippen molar-refractivity contribution >= 4 is 5.69 Å². The molecule has 0 radical (unpaired) electrons. The Hall–Kier alpha value is -2.08. The largest absolute Gasteiger partial charge is 0.416 e. The first-order valence-corrected chi connectivity index (χ1v) is 6.42. The minimum Gasteiger partial charge on any atom is -0.370 e. The van der Waals surface area contributed by atoms with E-state index in [2.05, 4.69) is 4.98 Å². The Morgan fingerprint density at radius 1 is 1.14 bits per heavy atom. The Labute approximate surface area is 121 Å². The van der Waals surface area contributed by atoms with Crippen LogP contribution in [-0.4, -0.2) is 12.0 Å². The maximum atomic E-state index is 12.7.